The third-order valence-electron chi connectivity index (χ3n) is 18.0. The number of nitrogens with zero attached hydrogens (tertiary/aromatic N) is 2. The van der Waals surface area contributed by atoms with Crippen LogP contribution in [0.5, 0.6) is 0 Å². The van der Waals surface area contributed by atoms with Gasteiger partial charge in [-0.25, -0.2) is 9.59 Å². The number of carbonyl (C=O) groups is 6. The second kappa shape index (κ2) is 30.5. The van der Waals surface area contributed by atoms with Crippen LogP contribution in [0.25, 0.3) is 0 Å². The van der Waals surface area contributed by atoms with Crippen molar-refractivity contribution >= 4 is 35.3 Å². The summed E-state index contributed by atoms with van der Waals surface area (Å²) in [6.45, 7) is 16.3. The molecule has 0 aromatic heterocycles. The number of ketones is 3. The second-order valence-electron chi connectivity index (χ2n) is 23.9. The first-order valence-electron chi connectivity index (χ1n) is 29.8. The number of allylic oxidation sites excluding steroid dienone is 6. The number of nitrogens with one attached hydrogen (secondary N) is 1. The van der Waals surface area contributed by atoms with Crippen molar-refractivity contribution in [2.45, 2.75) is 173 Å². The van der Waals surface area contributed by atoms with E-state index in [0.29, 0.717) is 109 Å². The lowest BCUT2D eigenvalue weighted by molar-refractivity contribution is -0.266. The fraction of sp³-hybridized carbons (Fsp3) is 0.770. The standard InChI is InChI=1S/C61H93N3O17/c1-37-13-10-9-11-14-38(2)50(78-36-45-35-76-27-28-77-45)33-44-18-16-42(6)61(72,81-44)57(68)58(69)64-21-12-15-46-47(31-43-17-19-49(52(32-43)73-7)80-60(71)62-20-22-63-23-25-75-26-24-63)51(79-59(70)53(46)64)34-48(65)39(3)30-41(5)55(67)56(74-8)54(66)40(4)29-37/h9-11,13-14,30,37,39-40,42-47,49-53,55-56,67,72H,12,15-29,31-36H2,1-8H3,(H,62,71)/b11-9+,13-10+,38-14+,41-30+/t37-,39-,40-,42-,43+,44+,45?,46-,47?,49-,50-,51+,52-,53?,55-,56+,61-/m1/s1. The van der Waals surface area contributed by atoms with E-state index >= 15 is 0 Å². The molecule has 3 N–H and O–H groups in total. The Kier molecular flexibility index (Phi) is 24.3. The maximum absolute atomic E-state index is 14.8. The van der Waals surface area contributed by atoms with Gasteiger partial charge in [0.15, 0.2) is 5.78 Å². The number of ether oxygens (including phenoxy) is 9. The summed E-state index contributed by atoms with van der Waals surface area (Å²) in [5.74, 6) is -9.08. The van der Waals surface area contributed by atoms with Gasteiger partial charge in [0.1, 0.15) is 42.3 Å². The fourth-order valence-electron chi connectivity index (χ4n) is 13.1. The Morgan fingerprint density at radius 1 is 0.852 bits per heavy atom. The van der Waals surface area contributed by atoms with Crippen LogP contribution in [-0.4, -0.2) is 203 Å². The molecule has 6 fully saturated rings. The third-order valence-corrected chi connectivity index (χ3v) is 18.0. The Morgan fingerprint density at radius 2 is 1.63 bits per heavy atom. The second-order valence-corrected chi connectivity index (χ2v) is 23.9. The van der Waals surface area contributed by atoms with Crippen LogP contribution in [0.2, 0.25) is 0 Å². The van der Waals surface area contributed by atoms with E-state index in [-0.39, 0.29) is 55.5 Å². The van der Waals surface area contributed by atoms with Gasteiger partial charge in [0.05, 0.1) is 58.0 Å². The van der Waals surface area contributed by atoms with Gasteiger partial charge in [-0.2, -0.15) is 0 Å². The van der Waals surface area contributed by atoms with E-state index in [0.717, 1.165) is 18.7 Å². The summed E-state index contributed by atoms with van der Waals surface area (Å²) in [5.41, 5.74) is 1.21. The molecule has 17 atom stereocenters. The van der Waals surface area contributed by atoms with Gasteiger partial charge in [-0.15, -0.1) is 0 Å². The molecule has 0 aromatic carbocycles. The molecule has 0 radical (unpaired) electrons. The highest BCUT2D eigenvalue weighted by atomic mass is 16.6. The average Bonchev–Trinajstić information content (AvgIpc) is 3.57. The Hall–Kier alpha value is -4.22. The maximum Gasteiger partial charge on any atom is 0.407 e. The molecule has 0 spiro atoms. The number of rotatable bonds is 11. The van der Waals surface area contributed by atoms with E-state index < -0.39 is 108 Å². The van der Waals surface area contributed by atoms with Crippen molar-refractivity contribution in [1.29, 1.82) is 0 Å². The molecule has 3 unspecified atom stereocenters. The first kappa shape index (κ1) is 64.3. The van der Waals surface area contributed by atoms with Crippen LogP contribution >= 0.6 is 0 Å². The average molecular weight is 1140 g/mol. The van der Waals surface area contributed by atoms with Crippen molar-refractivity contribution in [1.82, 2.24) is 15.1 Å². The number of carbonyl (C=O) groups excluding carboxylic acids is 6. The zero-order valence-electron chi connectivity index (χ0n) is 49.2. The highest BCUT2D eigenvalue weighted by Gasteiger charge is 2.57. The summed E-state index contributed by atoms with van der Waals surface area (Å²) in [6, 6.07) is -1.19. The minimum absolute atomic E-state index is 0.0180. The van der Waals surface area contributed by atoms with Gasteiger partial charge in [0.25, 0.3) is 11.7 Å². The number of amides is 2. The number of aliphatic hydroxyl groups is 2. The largest absolute Gasteiger partial charge is 0.460 e. The van der Waals surface area contributed by atoms with Gasteiger partial charge in [-0.3, -0.25) is 24.1 Å². The number of piperidine rings is 1. The highest BCUT2D eigenvalue weighted by Crippen LogP contribution is 2.46. The van der Waals surface area contributed by atoms with Crippen LogP contribution in [0.3, 0.4) is 0 Å². The van der Waals surface area contributed by atoms with E-state index in [1.807, 2.05) is 51.2 Å². The zero-order chi connectivity index (χ0) is 58.4. The summed E-state index contributed by atoms with van der Waals surface area (Å²) in [5, 5.41) is 26.9. The first-order valence-corrected chi connectivity index (χ1v) is 29.8. The summed E-state index contributed by atoms with van der Waals surface area (Å²) >= 11 is 0. The molecule has 7 aliphatic rings. The van der Waals surface area contributed by atoms with E-state index in [1.54, 1.807) is 34.0 Å². The Labute approximate surface area is 478 Å². The molecule has 0 aromatic rings. The number of fused-ring (bicyclic) bond motifs is 4. The minimum Gasteiger partial charge on any atom is -0.460 e. The van der Waals surface area contributed by atoms with Gasteiger partial charge >= 0.3 is 12.1 Å². The molecule has 20 heteroatoms. The predicted molar refractivity (Wildman–Crippen MR) is 297 cm³/mol. The molecule has 454 valence electrons. The lowest BCUT2D eigenvalue weighted by atomic mass is 9.68. The summed E-state index contributed by atoms with van der Waals surface area (Å²) < 4.78 is 53.7. The summed E-state index contributed by atoms with van der Waals surface area (Å²) in [4.78, 5) is 89.1. The smallest absolute Gasteiger partial charge is 0.407 e. The Morgan fingerprint density at radius 3 is 2.36 bits per heavy atom. The SMILES string of the molecule is CO[C@@H]1C[C@H](CC2[C@H]3CCCN4C(=O)C(=O)[C@]5(O)O[C@@H](CC[C@H]5C)C[C@@H](OCC5COCCO5)/C(C)=C/C=C/C=C/[C@@H](C)C[C@@H](C)C(=O)[C@H](OC)[C@H](O)/C(C)=C/[C@@H](C)C(=O)C[C@@H]2OC(=O)C34)CC[C@H]1OC(=O)NCCN1CCOCC1. The number of Topliss-reactive ketones (excluding diaryl/α,β-unsaturated/α-hetero) is 3. The predicted octanol–water partition coefficient (Wildman–Crippen LogP) is 5.25. The normalized spacial score (nSPS) is 39.9. The minimum atomic E-state index is -2.51. The van der Waals surface area contributed by atoms with Crippen LogP contribution in [0.4, 0.5) is 4.79 Å². The fourth-order valence-corrected chi connectivity index (χ4v) is 13.1. The Balaban J connectivity index is 1.16. The number of morpholine rings is 1. The van der Waals surface area contributed by atoms with E-state index in [1.165, 1.54) is 12.0 Å². The van der Waals surface area contributed by atoms with Crippen LogP contribution in [0.1, 0.15) is 112 Å². The number of esters is 1. The van der Waals surface area contributed by atoms with Crippen molar-refractivity contribution in [3.63, 3.8) is 0 Å². The van der Waals surface area contributed by atoms with Crippen molar-refractivity contribution in [3.05, 3.63) is 47.6 Å². The van der Waals surface area contributed by atoms with Gasteiger partial charge in [-0.05, 0) is 101 Å². The molecule has 5 saturated heterocycles. The molecular formula is C61H93N3O17. The molecule has 20 nitrogen and oxygen atoms in total. The third kappa shape index (κ3) is 17.0. The summed E-state index contributed by atoms with van der Waals surface area (Å²) in [6.07, 6.45) is 9.11. The monoisotopic (exact) mass is 1140 g/mol. The molecule has 6 aliphatic heterocycles. The number of aliphatic hydroxyl groups excluding tert-OH is 1. The lowest BCUT2D eigenvalue weighted by Gasteiger charge is -2.50. The molecule has 7 rings (SSSR count). The maximum atomic E-state index is 14.8. The molecule has 1 saturated carbocycles. The van der Waals surface area contributed by atoms with E-state index in [9.17, 15) is 39.0 Å². The Bertz CT molecular complexity index is 2260. The van der Waals surface area contributed by atoms with Crippen molar-refractivity contribution in [2.75, 3.05) is 86.6 Å². The van der Waals surface area contributed by atoms with Crippen LogP contribution in [0.15, 0.2) is 47.6 Å². The van der Waals surface area contributed by atoms with Crippen molar-refractivity contribution < 1.29 is 81.6 Å². The quantitative estimate of drug-likeness (QED) is 0.136. The molecule has 2 amide bonds. The van der Waals surface area contributed by atoms with Gasteiger partial charge in [0.2, 0.25) is 5.79 Å². The highest BCUT2D eigenvalue weighted by molar-refractivity contribution is 6.39. The van der Waals surface area contributed by atoms with Gasteiger partial charge < -0.3 is 63.1 Å². The van der Waals surface area contributed by atoms with Gasteiger partial charge in [0, 0.05) is 83.5 Å². The number of hydrogen-bond donors (Lipinski definition) is 3. The topological polar surface area (TPSA) is 244 Å². The molecule has 81 heavy (non-hydrogen) atoms. The summed E-state index contributed by atoms with van der Waals surface area (Å²) in [7, 11) is 2.96. The molecular weight excluding hydrogens is 1050 g/mol. The van der Waals surface area contributed by atoms with Crippen molar-refractivity contribution in [3.8, 4) is 0 Å². The van der Waals surface area contributed by atoms with Crippen LogP contribution in [0, 0.1) is 41.4 Å². The van der Waals surface area contributed by atoms with E-state index in [2.05, 4.69) is 10.2 Å². The lowest BCUT2D eigenvalue weighted by Crippen LogP contribution is -2.65. The zero-order valence-corrected chi connectivity index (χ0v) is 49.2. The number of alkyl carbamates (subject to hydrolysis) is 1. The molecule has 1 aliphatic carbocycles. The molecule has 4 bridgehead atoms. The van der Waals surface area contributed by atoms with Crippen LogP contribution < -0.4 is 5.32 Å². The first-order chi connectivity index (χ1) is 38.8. The number of hydrogen-bond acceptors (Lipinski definition) is 18. The number of methoxy groups -OCH3 is 2. The molecule has 6 heterocycles. The van der Waals surface area contributed by atoms with Crippen molar-refractivity contribution in [2.24, 2.45) is 41.4 Å². The van der Waals surface area contributed by atoms with Gasteiger partial charge in [-0.1, -0.05) is 64.2 Å². The van der Waals surface area contributed by atoms with E-state index in [4.69, 9.17) is 42.6 Å². The van der Waals surface area contributed by atoms with Crippen LogP contribution in [-0.2, 0) is 66.6 Å².